The summed E-state index contributed by atoms with van der Waals surface area (Å²) in [4.78, 5) is 17.4. The fourth-order valence-electron chi connectivity index (χ4n) is 5.31. The lowest BCUT2D eigenvalue weighted by atomic mass is 9.90. The minimum absolute atomic E-state index is 0.0290. The van der Waals surface area contributed by atoms with Crippen molar-refractivity contribution in [1.82, 2.24) is 19.7 Å². The van der Waals surface area contributed by atoms with E-state index in [9.17, 15) is 18.0 Å². The van der Waals surface area contributed by atoms with Crippen molar-refractivity contribution in [3.63, 3.8) is 0 Å². The van der Waals surface area contributed by atoms with Crippen LogP contribution < -0.4 is 5.32 Å². The Bertz CT molecular complexity index is 1190. The van der Waals surface area contributed by atoms with Gasteiger partial charge in [0, 0.05) is 50.7 Å². The Morgan fingerprint density at radius 1 is 0.971 bits per heavy atom. The second kappa shape index (κ2) is 9.66. The molecule has 2 aliphatic rings. The topological polar surface area (TPSA) is 40.5 Å². The van der Waals surface area contributed by atoms with Gasteiger partial charge in [0.25, 0.3) is 5.91 Å². The van der Waals surface area contributed by atoms with Crippen LogP contribution in [-0.2, 0) is 19.8 Å². The maximum Gasteiger partial charge on any atom is 0.416 e. The summed E-state index contributed by atoms with van der Waals surface area (Å²) < 4.78 is 40.3. The van der Waals surface area contributed by atoms with Crippen molar-refractivity contribution in [1.29, 1.82) is 0 Å². The van der Waals surface area contributed by atoms with Gasteiger partial charge >= 0.3 is 6.18 Å². The zero-order valence-electron chi connectivity index (χ0n) is 19.9. The Morgan fingerprint density at radius 2 is 1.66 bits per heavy atom. The molecular formula is C27H31F3N4O. The molecule has 0 spiro atoms. The number of amides is 1. The number of halogens is 3. The number of alkyl halides is 3. The average molecular weight is 485 g/mol. The number of fused-ring (bicyclic) bond motifs is 1. The molecule has 2 aromatic carbocycles. The van der Waals surface area contributed by atoms with Gasteiger partial charge in [0.2, 0.25) is 0 Å². The van der Waals surface area contributed by atoms with Gasteiger partial charge < -0.3 is 14.8 Å². The van der Waals surface area contributed by atoms with Crippen LogP contribution in [0.2, 0.25) is 0 Å². The molecule has 2 fully saturated rings. The van der Waals surface area contributed by atoms with Crippen LogP contribution >= 0.6 is 0 Å². The lowest BCUT2D eigenvalue weighted by molar-refractivity contribution is -0.137. The summed E-state index contributed by atoms with van der Waals surface area (Å²) in [5, 5.41) is 4.52. The first-order chi connectivity index (χ1) is 16.8. The van der Waals surface area contributed by atoms with Crippen molar-refractivity contribution < 1.29 is 18.0 Å². The van der Waals surface area contributed by atoms with E-state index in [1.807, 2.05) is 22.6 Å². The molecule has 2 aliphatic heterocycles. The standard InChI is InChI=1S/C27H31F3N4O/c1-32-24-7-4-21(20-8-10-31-11-9-20)16-22(24)17-25(32)26(35)34-14-12-33(13-15-34)18-19-2-5-23(6-3-19)27(28,29)30/h2-7,16-17,20,31H,8-15,18H2,1H3. The predicted molar refractivity (Wildman–Crippen MR) is 130 cm³/mol. The van der Waals surface area contributed by atoms with Crippen molar-refractivity contribution >= 4 is 16.8 Å². The van der Waals surface area contributed by atoms with E-state index in [0.29, 0.717) is 44.3 Å². The molecule has 8 heteroatoms. The highest BCUT2D eigenvalue weighted by Gasteiger charge is 2.30. The number of hydrogen-bond donors (Lipinski definition) is 1. The summed E-state index contributed by atoms with van der Waals surface area (Å²) in [6.07, 6.45) is -2.04. The number of carbonyl (C=O) groups is 1. The Hall–Kier alpha value is -2.84. The normalized spacial score (nSPS) is 18.3. The molecule has 0 atom stereocenters. The molecule has 0 saturated carbocycles. The van der Waals surface area contributed by atoms with Gasteiger partial charge in [-0.15, -0.1) is 0 Å². The largest absolute Gasteiger partial charge is 0.416 e. The van der Waals surface area contributed by atoms with Crippen LogP contribution in [0.3, 0.4) is 0 Å². The fraction of sp³-hybridized carbons (Fsp3) is 0.444. The Balaban J connectivity index is 1.22. The van der Waals surface area contributed by atoms with Gasteiger partial charge in [-0.2, -0.15) is 13.2 Å². The SMILES string of the molecule is Cn1c(C(=O)N2CCN(Cc3ccc(C(F)(F)F)cc3)CC2)cc2cc(C3CCNCC3)ccc21. The highest BCUT2D eigenvalue weighted by atomic mass is 19.4. The quantitative estimate of drug-likeness (QED) is 0.588. The molecule has 35 heavy (non-hydrogen) atoms. The fourth-order valence-corrected chi connectivity index (χ4v) is 5.31. The maximum atomic E-state index is 13.3. The van der Waals surface area contributed by atoms with Gasteiger partial charge in [-0.25, -0.2) is 0 Å². The molecular weight excluding hydrogens is 453 g/mol. The number of nitrogens with zero attached hydrogens (tertiary/aromatic N) is 3. The third kappa shape index (κ3) is 5.09. The summed E-state index contributed by atoms with van der Waals surface area (Å²) in [5.74, 6) is 0.596. The van der Waals surface area contributed by atoms with E-state index in [2.05, 4.69) is 28.4 Å². The number of aromatic nitrogens is 1. The lowest BCUT2D eigenvalue weighted by Gasteiger charge is -2.34. The van der Waals surface area contributed by atoms with Crippen LogP contribution in [-0.4, -0.2) is 59.5 Å². The first kappa shape index (κ1) is 23.9. The van der Waals surface area contributed by atoms with Crippen LogP contribution in [0.1, 0.15) is 45.9 Å². The number of carbonyl (C=O) groups excluding carboxylic acids is 1. The Kier molecular flexibility index (Phi) is 6.59. The van der Waals surface area contributed by atoms with Gasteiger partial charge in [-0.3, -0.25) is 9.69 Å². The summed E-state index contributed by atoms with van der Waals surface area (Å²) in [6.45, 7) is 5.25. The number of piperidine rings is 1. The third-order valence-electron chi connectivity index (χ3n) is 7.44. The van der Waals surface area contributed by atoms with Crippen LogP contribution in [0.25, 0.3) is 10.9 Å². The minimum Gasteiger partial charge on any atom is -0.340 e. The van der Waals surface area contributed by atoms with Gasteiger partial charge in [-0.1, -0.05) is 18.2 Å². The zero-order valence-corrected chi connectivity index (χ0v) is 19.9. The molecule has 186 valence electrons. The second-order valence-electron chi connectivity index (χ2n) is 9.69. The van der Waals surface area contributed by atoms with Crippen LogP contribution in [0, 0.1) is 0 Å². The molecule has 5 nitrogen and oxygen atoms in total. The molecule has 1 aromatic heterocycles. The van der Waals surface area contributed by atoms with E-state index in [1.54, 1.807) is 0 Å². The van der Waals surface area contributed by atoms with Crippen LogP contribution in [0.15, 0.2) is 48.5 Å². The molecule has 0 unspecified atom stereocenters. The van der Waals surface area contributed by atoms with E-state index < -0.39 is 11.7 Å². The molecule has 3 aromatic rings. The summed E-state index contributed by atoms with van der Waals surface area (Å²) in [6, 6.07) is 13.9. The minimum atomic E-state index is -4.32. The van der Waals surface area contributed by atoms with E-state index in [-0.39, 0.29) is 5.91 Å². The van der Waals surface area contributed by atoms with E-state index in [1.165, 1.54) is 17.7 Å². The molecule has 1 amide bonds. The number of benzene rings is 2. The molecule has 3 heterocycles. The number of rotatable bonds is 4. The van der Waals surface area contributed by atoms with E-state index >= 15 is 0 Å². The average Bonchev–Trinajstić information content (AvgIpc) is 3.20. The molecule has 0 radical (unpaired) electrons. The monoisotopic (exact) mass is 484 g/mol. The smallest absolute Gasteiger partial charge is 0.340 e. The van der Waals surface area contributed by atoms with Crippen molar-refractivity contribution in [3.8, 4) is 0 Å². The number of hydrogen-bond acceptors (Lipinski definition) is 3. The highest BCUT2D eigenvalue weighted by molar-refractivity contribution is 5.99. The summed E-state index contributed by atoms with van der Waals surface area (Å²) >= 11 is 0. The second-order valence-corrected chi connectivity index (χ2v) is 9.69. The highest BCUT2D eigenvalue weighted by Crippen LogP contribution is 2.30. The maximum absolute atomic E-state index is 13.3. The van der Waals surface area contributed by atoms with Gasteiger partial charge in [-0.05, 0) is 73.3 Å². The molecule has 0 aliphatic carbocycles. The van der Waals surface area contributed by atoms with Gasteiger partial charge in [0.1, 0.15) is 5.69 Å². The van der Waals surface area contributed by atoms with Crippen molar-refractivity contribution in [2.75, 3.05) is 39.3 Å². The van der Waals surface area contributed by atoms with Crippen molar-refractivity contribution in [3.05, 3.63) is 70.9 Å². The number of aryl methyl sites for hydroxylation is 1. The third-order valence-corrected chi connectivity index (χ3v) is 7.44. The summed E-state index contributed by atoms with van der Waals surface area (Å²) in [5.41, 5.74) is 3.32. The zero-order chi connectivity index (χ0) is 24.6. The predicted octanol–water partition coefficient (Wildman–Crippen LogP) is 4.62. The first-order valence-electron chi connectivity index (χ1n) is 12.3. The van der Waals surface area contributed by atoms with Crippen LogP contribution in [0.5, 0.6) is 0 Å². The number of piperazine rings is 1. The molecule has 5 rings (SSSR count). The number of nitrogens with one attached hydrogen (secondary N) is 1. The summed E-state index contributed by atoms with van der Waals surface area (Å²) in [7, 11) is 1.95. The lowest BCUT2D eigenvalue weighted by Crippen LogP contribution is -2.48. The molecule has 1 N–H and O–H groups in total. The van der Waals surface area contributed by atoms with E-state index in [0.717, 1.165) is 54.5 Å². The Labute approximate surface area is 203 Å². The first-order valence-corrected chi connectivity index (χ1v) is 12.3. The van der Waals surface area contributed by atoms with E-state index in [4.69, 9.17) is 0 Å². The van der Waals surface area contributed by atoms with Crippen LogP contribution in [0.4, 0.5) is 13.2 Å². The van der Waals surface area contributed by atoms with Gasteiger partial charge in [0.15, 0.2) is 0 Å². The van der Waals surface area contributed by atoms with Crippen molar-refractivity contribution in [2.24, 2.45) is 7.05 Å². The Morgan fingerprint density at radius 3 is 2.31 bits per heavy atom. The van der Waals surface area contributed by atoms with Crippen molar-refractivity contribution in [2.45, 2.75) is 31.5 Å². The molecule has 2 saturated heterocycles. The van der Waals surface area contributed by atoms with Gasteiger partial charge in [0.05, 0.1) is 5.56 Å². The molecule has 0 bridgehead atoms.